The van der Waals surface area contributed by atoms with Crippen LogP contribution in [0.4, 0.5) is 5.69 Å². The van der Waals surface area contributed by atoms with Gasteiger partial charge in [0.05, 0.1) is 12.1 Å². The van der Waals surface area contributed by atoms with Crippen molar-refractivity contribution in [2.24, 2.45) is 5.41 Å². The number of anilines is 1. The predicted molar refractivity (Wildman–Crippen MR) is 153 cm³/mol. The van der Waals surface area contributed by atoms with Crippen molar-refractivity contribution in [2.45, 2.75) is 33.6 Å². The predicted octanol–water partition coefficient (Wildman–Crippen LogP) is 5.88. The first kappa shape index (κ1) is 25.5. The molecule has 0 unspecified atom stereocenters. The highest BCUT2D eigenvalue weighted by molar-refractivity contribution is 7.17. The lowest BCUT2D eigenvalue weighted by molar-refractivity contribution is 0.0768. The number of nitrogens with zero attached hydrogens (tertiary/aromatic N) is 3. The van der Waals surface area contributed by atoms with Crippen molar-refractivity contribution in [1.82, 2.24) is 9.47 Å². The summed E-state index contributed by atoms with van der Waals surface area (Å²) in [5.74, 6) is 0.470. The third-order valence-corrected chi connectivity index (χ3v) is 7.92. The molecule has 6 nitrogen and oxygen atoms in total. The van der Waals surface area contributed by atoms with E-state index in [0.29, 0.717) is 17.9 Å². The number of carbonyl (C=O) groups excluding carboxylic acids is 1. The van der Waals surface area contributed by atoms with Crippen molar-refractivity contribution in [3.63, 3.8) is 0 Å². The maximum absolute atomic E-state index is 12.9. The zero-order valence-corrected chi connectivity index (χ0v) is 22.7. The number of piperazine rings is 1. The van der Waals surface area contributed by atoms with Gasteiger partial charge in [-0.1, -0.05) is 26.8 Å². The van der Waals surface area contributed by atoms with Gasteiger partial charge in [0.1, 0.15) is 5.75 Å². The number of fused-ring (bicyclic) bond motifs is 2. The quantitative estimate of drug-likeness (QED) is 0.287. The molecule has 3 heterocycles. The number of ether oxygens (including phenoxy) is 1. The molecule has 2 aromatic heterocycles. The van der Waals surface area contributed by atoms with Crippen molar-refractivity contribution in [2.75, 3.05) is 44.2 Å². The zero-order chi connectivity index (χ0) is 26.0. The van der Waals surface area contributed by atoms with E-state index in [1.165, 1.54) is 26.4 Å². The van der Waals surface area contributed by atoms with E-state index in [0.717, 1.165) is 51.0 Å². The molecular weight excluding hydrogens is 482 g/mol. The molecule has 0 bridgehead atoms. The Morgan fingerprint density at radius 1 is 0.973 bits per heavy atom. The lowest BCUT2D eigenvalue weighted by atomic mass is 9.95. The molecule has 0 saturated carbocycles. The highest BCUT2D eigenvalue weighted by Crippen LogP contribution is 2.31. The van der Waals surface area contributed by atoms with E-state index in [4.69, 9.17) is 4.74 Å². The first-order chi connectivity index (χ1) is 17.8. The summed E-state index contributed by atoms with van der Waals surface area (Å²) in [6, 6.07) is 17.7. The van der Waals surface area contributed by atoms with Gasteiger partial charge < -0.3 is 9.64 Å². The van der Waals surface area contributed by atoms with Crippen LogP contribution in [0.5, 0.6) is 5.75 Å². The molecule has 0 N–H and O–H groups in total. The number of hydrogen-bond donors (Lipinski definition) is 0. The number of rotatable bonds is 7. The van der Waals surface area contributed by atoms with E-state index in [1.54, 1.807) is 17.4 Å². The lowest BCUT2D eigenvalue weighted by Crippen LogP contribution is -2.46. The molecule has 0 radical (unpaired) electrons. The maximum atomic E-state index is 12.9. The summed E-state index contributed by atoms with van der Waals surface area (Å²) < 4.78 is 8.65. The van der Waals surface area contributed by atoms with Gasteiger partial charge in [0, 0.05) is 59.5 Å². The highest BCUT2D eigenvalue weighted by atomic mass is 32.1. The Morgan fingerprint density at radius 2 is 1.76 bits per heavy atom. The number of thiophene rings is 1. The molecule has 37 heavy (non-hydrogen) atoms. The van der Waals surface area contributed by atoms with Crippen LogP contribution in [0.15, 0.2) is 64.8 Å². The first-order valence-electron chi connectivity index (χ1n) is 13.1. The van der Waals surface area contributed by atoms with E-state index in [2.05, 4.69) is 39.4 Å². The van der Waals surface area contributed by atoms with Crippen molar-refractivity contribution in [3.8, 4) is 5.75 Å². The molecule has 0 aliphatic carbocycles. The van der Waals surface area contributed by atoms with Crippen LogP contribution < -0.4 is 15.2 Å². The van der Waals surface area contributed by atoms with Crippen LogP contribution in [0.25, 0.3) is 21.0 Å². The molecule has 0 atom stereocenters. The number of aromatic nitrogens is 1. The monoisotopic (exact) mass is 517 g/mol. The topological polar surface area (TPSA) is 54.8 Å². The van der Waals surface area contributed by atoms with Crippen LogP contribution in [0, 0.1) is 5.41 Å². The molecule has 4 aromatic rings. The van der Waals surface area contributed by atoms with Crippen molar-refractivity contribution in [1.29, 1.82) is 0 Å². The van der Waals surface area contributed by atoms with E-state index < -0.39 is 5.41 Å². The second kappa shape index (κ2) is 10.7. The first-order valence-corrected chi connectivity index (χ1v) is 14.0. The summed E-state index contributed by atoms with van der Waals surface area (Å²) in [5.41, 5.74) is 0.993. The zero-order valence-electron chi connectivity index (χ0n) is 21.9. The van der Waals surface area contributed by atoms with Gasteiger partial charge in [-0.3, -0.25) is 14.5 Å². The van der Waals surface area contributed by atoms with Gasteiger partial charge in [0.25, 0.3) is 5.56 Å². The summed E-state index contributed by atoms with van der Waals surface area (Å²) >= 11 is 1.80. The number of unbranched alkanes of at least 4 members (excludes halogenated alkanes) is 1. The minimum atomic E-state index is -0.655. The van der Waals surface area contributed by atoms with Crippen LogP contribution in [0.1, 0.15) is 38.4 Å². The van der Waals surface area contributed by atoms with Gasteiger partial charge >= 0.3 is 0 Å². The summed E-state index contributed by atoms with van der Waals surface area (Å²) in [6.45, 7) is 11.4. The Kier molecular flexibility index (Phi) is 7.36. The molecule has 194 valence electrons. The average Bonchev–Trinajstić information content (AvgIpc) is 3.37. The number of carbonyl (C=O) groups is 1. The summed E-state index contributed by atoms with van der Waals surface area (Å²) in [4.78, 5) is 30.5. The fourth-order valence-corrected chi connectivity index (χ4v) is 5.75. The Morgan fingerprint density at radius 3 is 2.54 bits per heavy atom. The van der Waals surface area contributed by atoms with Crippen molar-refractivity contribution >= 4 is 43.9 Å². The summed E-state index contributed by atoms with van der Waals surface area (Å²) in [7, 11) is 0. The third kappa shape index (κ3) is 5.58. The minimum absolute atomic E-state index is 0.215. The molecule has 1 aliphatic rings. The Labute approximate surface area is 222 Å². The van der Waals surface area contributed by atoms with E-state index in [1.807, 2.05) is 39.0 Å². The largest absolute Gasteiger partial charge is 0.494 e. The molecule has 5 rings (SSSR count). The van der Waals surface area contributed by atoms with Gasteiger partial charge in [-0.05, 0) is 66.6 Å². The molecule has 2 aromatic carbocycles. The fraction of sp³-hybridized carbons (Fsp3) is 0.400. The smallest absolute Gasteiger partial charge is 0.257 e. The molecule has 0 spiro atoms. The third-order valence-electron chi connectivity index (χ3n) is 7.04. The van der Waals surface area contributed by atoms with Crippen LogP contribution in [0.2, 0.25) is 0 Å². The molecule has 1 aliphatic heterocycles. The second-order valence-electron chi connectivity index (χ2n) is 10.8. The van der Waals surface area contributed by atoms with Crippen molar-refractivity contribution in [3.05, 3.63) is 70.3 Å². The molecule has 7 heteroatoms. The van der Waals surface area contributed by atoms with Crippen LogP contribution in [-0.2, 0) is 0 Å². The molecular formula is C30H35N3O3S. The summed E-state index contributed by atoms with van der Waals surface area (Å²) in [6.07, 6.45) is 2.02. The number of hydrogen-bond acceptors (Lipinski definition) is 6. The normalized spacial score (nSPS) is 14.9. The Bertz CT molecular complexity index is 1460. The highest BCUT2D eigenvalue weighted by Gasteiger charge is 2.25. The second-order valence-corrected chi connectivity index (χ2v) is 11.7. The average molecular weight is 518 g/mol. The van der Waals surface area contributed by atoms with Crippen LogP contribution >= 0.6 is 11.3 Å². The standard InChI is InChI=1S/C30H35N3O3S/c1-30(2,3)29(35)33-26-21-23(11-9-22(26)10-12-28(33)34)36-19-5-4-14-31-15-17-32(18-16-31)25-7-6-8-27-24(25)13-20-37-27/h6-13,20-21H,4-5,14-19H2,1-3H3. The Balaban J connectivity index is 1.12. The molecule has 0 amide bonds. The maximum Gasteiger partial charge on any atom is 0.257 e. The minimum Gasteiger partial charge on any atom is -0.494 e. The molecule has 1 fully saturated rings. The van der Waals surface area contributed by atoms with Gasteiger partial charge in [-0.25, -0.2) is 4.57 Å². The van der Waals surface area contributed by atoms with E-state index in [-0.39, 0.29) is 11.5 Å². The van der Waals surface area contributed by atoms with Crippen molar-refractivity contribution < 1.29 is 9.53 Å². The molecule has 1 saturated heterocycles. The van der Waals surface area contributed by atoms with Gasteiger partial charge in [0.2, 0.25) is 5.91 Å². The van der Waals surface area contributed by atoms with Gasteiger partial charge in [-0.15, -0.1) is 11.3 Å². The van der Waals surface area contributed by atoms with Crippen LogP contribution in [-0.4, -0.2) is 54.7 Å². The summed E-state index contributed by atoms with van der Waals surface area (Å²) in [5, 5.41) is 4.39. The van der Waals surface area contributed by atoms with E-state index >= 15 is 0 Å². The Hall–Kier alpha value is -3.16. The van der Waals surface area contributed by atoms with Gasteiger partial charge in [-0.2, -0.15) is 0 Å². The number of pyridine rings is 1. The van der Waals surface area contributed by atoms with E-state index in [9.17, 15) is 9.59 Å². The number of benzene rings is 2. The van der Waals surface area contributed by atoms with Crippen LogP contribution in [0.3, 0.4) is 0 Å². The SMILES string of the molecule is CC(C)(C)C(=O)n1c(=O)ccc2ccc(OCCCCN3CCN(c4cccc5sccc45)CC3)cc21. The van der Waals surface area contributed by atoms with Gasteiger partial charge in [0.15, 0.2) is 0 Å². The lowest BCUT2D eigenvalue weighted by Gasteiger charge is -2.36. The fourth-order valence-electron chi connectivity index (χ4n) is 4.94.